The fourth-order valence-electron chi connectivity index (χ4n) is 10.1. The van der Waals surface area contributed by atoms with Gasteiger partial charge in [-0.1, -0.05) is 146 Å². The Morgan fingerprint density at radius 2 is 1.02 bits per heavy atom. The maximum atomic E-state index is 7.02. The van der Waals surface area contributed by atoms with E-state index >= 15 is 0 Å². The summed E-state index contributed by atoms with van der Waals surface area (Å²) in [6.07, 6.45) is 0. The molecule has 0 aliphatic carbocycles. The van der Waals surface area contributed by atoms with E-state index < -0.39 is 0 Å². The SMILES string of the molecule is c1ccc(-c2nc(-c3ccccc3)nc(-c3ccc(-n4c5cc6c(cc5c5c7ccccc7ccc54)c4cccc5c7ccccc7n6c54)c4oc5ccccc5c34)n2)cc1. The first kappa shape index (κ1) is 32.6. The summed E-state index contributed by atoms with van der Waals surface area (Å²) in [5.74, 6) is 1.82. The van der Waals surface area contributed by atoms with Crippen LogP contribution in [-0.2, 0) is 0 Å². The Morgan fingerprint density at radius 3 is 1.80 bits per heavy atom. The van der Waals surface area contributed by atoms with Crippen molar-refractivity contribution in [1.29, 1.82) is 0 Å². The minimum Gasteiger partial charge on any atom is -0.454 e. The van der Waals surface area contributed by atoms with Crippen LogP contribution in [0, 0.1) is 0 Å². The van der Waals surface area contributed by atoms with Crippen molar-refractivity contribution in [1.82, 2.24) is 23.9 Å². The number of para-hydroxylation sites is 3. The molecule has 0 atom stereocenters. The fourth-order valence-corrected chi connectivity index (χ4v) is 10.1. The summed E-state index contributed by atoms with van der Waals surface area (Å²) in [5.41, 5.74) is 11.1. The van der Waals surface area contributed by atoms with Crippen molar-refractivity contribution in [2.24, 2.45) is 0 Å². The van der Waals surface area contributed by atoms with Gasteiger partial charge in [-0.25, -0.2) is 15.0 Å². The number of rotatable bonds is 4. The van der Waals surface area contributed by atoms with Gasteiger partial charge in [-0.05, 0) is 53.2 Å². The van der Waals surface area contributed by atoms with Gasteiger partial charge in [-0.3, -0.25) is 0 Å². The van der Waals surface area contributed by atoms with Crippen LogP contribution in [0.1, 0.15) is 0 Å². The van der Waals surface area contributed by atoms with E-state index in [9.17, 15) is 0 Å². The number of hydrogen-bond donors (Lipinski definition) is 0. The van der Waals surface area contributed by atoms with Gasteiger partial charge in [-0.15, -0.1) is 0 Å². The van der Waals surface area contributed by atoms with Gasteiger partial charge >= 0.3 is 0 Å². The van der Waals surface area contributed by atoms with Crippen LogP contribution < -0.4 is 0 Å². The van der Waals surface area contributed by atoms with Crippen LogP contribution in [-0.4, -0.2) is 23.9 Å². The average molecular weight is 778 g/mol. The molecule has 9 aromatic carbocycles. The molecule has 14 aromatic rings. The second kappa shape index (κ2) is 12.1. The van der Waals surface area contributed by atoms with Crippen LogP contribution in [0.3, 0.4) is 0 Å². The molecule has 0 fully saturated rings. The lowest BCUT2D eigenvalue weighted by molar-refractivity contribution is 0.666. The molecule has 282 valence electrons. The normalized spacial score (nSPS) is 12.3. The molecule has 0 saturated heterocycles. The highest BCUT2D eigenvalue weighted by atomic mass is 16.3. The number of benzene rings is 9. The topological polar surface area (TPSA) is 61.2 Å². The summed E-state index contributed by atoms with van der Waals surface area (Å²) in [6.45, 7) is 0. The zero-order chi connectivity index (χ0) is 39.8. The van der Waals surface area contributed by atoms with E-state index in [1.54, 1.807) is 0 Å². The molecule has 0 saturated carbocycles. The van der Waals surface area contributed by atoms with E-state index in [1.165, 1.54) is 59.6 Å². The number of hydrogen-bond acceptors (Lipinski definition) is 4. The van der Waals surface area contributed by atoms with Crippen molar-refractivity contribution in [3.63, 3.8) is 0 Å². The van der Waals surface area contributed by atoms with Gasteiger partial charge in [0.05, 0.1) is 33.3 Å². The van der Waals surface area contributed by atoms with Gasteiger partial charge in [-0.2, -0.15) is 0 Å². The Kier molecular flexibility index (Phi) is 6.46. The quantitative estimate of drug-likeness (QED) is 0.179. The lowest BCUT2D eigenvalue weighted by atomic mass is 10.0. The molecule has 5 aromatic heterocycles. The molecule has 0 aliphatic heterocycles. The highest BCUT2D eigenvalue weighted by Crippen LogP contribution is 2.46. The van der Waals surface area contributed by atoms with Crippen molar-refractivity contribution in [2.75, 3.05) is 0 Å². The molecule has 5 heterocycles. The Bertz CT molecular complexity index is 4050. The van der Waals surface area contributed by atoms with Crippen molar-refractivity contribution < 1.29 is 4.42 Å². The van der Waals surface area contributed by atoms with Crippen LogP contribution in [0.25, 0.3) is 132 Å². The fraction of sp³-hybridized carbons (Fsp3) is 0. The molecular weight excluding hydrogens is 747 g/mol. The summed E-state index contributed by atoms with van der Waals surface area (Å²) in [6, 6.07) is 66.5. The van der Waals surface area contributed by atoms with E-state index in [0.717, 1.165) is 55.3 Å². The van der Waals surface area contributed by atoms with Gasteiger partial charge in [0.15, 0.2) is 23.1 Å². The minimum absolute atomic E-state index is 0.586. The minimum atomic E-state index is 0.586. The van der Waals surface area contributed by atoms with Crippen LogP contribution in [0.4, 0.5) is 0 Å². The molecular formula is C55H31N5O. The Labute approximate surface area is 347 Å². The first-order valence-corrected chi connectivity index (χ1v) is 20.6. The van der Waals surface area contributed by atoms with Crippen molar-refractivity contribution in [3.8, 4) is 39.9 Å². The zero-order valence-corrected chi connectivity index (χ0v) is 32.5. The van der Waals surface area contributed by atoms with Gasteiger partial charge in [0.25, 0.3) is 0 Å². The standard InChI is InChI=1S/C55H31N5O/c1-3-15-33(16-4-1)53-56-54(34-17-5-2-6-18-34)58-55(57-53)40-27-29-45(52-50(40)39-21-10-12-25-48(39)61-52)59-44-28-26-32-14-7-8-19-35(32)49(44)42-30-41-38-23-13-22-37-36-20-9-11-24-43(36)60(51(37)38)46(41)31-47(42)59/h1-31H. The van der Waals surface area contributed by atoms with Crippen LogP contribution in [0.2, 0.25) is 0 Å². The van der Waals surface area contributed by atoms with Crippen LogP contribution in [0.15, 0.2) is 192 Å². The maximum Gasteiger partial charge on any atom is 0.164 e. The predicted octanol–water partition coefficient (Wildman–Crippen LogP) is 14.2. The summed E-state index contributed by atoms with van der Waals surface area (Å²) in [4.78, 5) is 15.4. The molecule has 0 radical (unpaired) electrons. The Balaban J connectivity index is 1.12. The van der Waals surface area contributed by atoms with Gasteiger partial charge in [0.2, 0.25) is 0 Å². The highest BCUT2D eigenvalue weighted by molar-refractivity contribution is 6.29. The Morgan fingerprint density at radius 1 is 0.377 bits per heavy atom. The second-order valence-electron chi connectivity index (χ2n) is 15.9. The van der Waals surface area contributed by atoms with Crippen LogP contribution in [0.5, 0.6) is 0 Å². The van der Waals surface area contributed by atoms with E-state index in [0.29, 0.717) is 17.5 Å². The third kappa shape index (κ3) is 4.48. The van der Waals surface area contributed by atoms with E-state index in [-0.39, 0.29) is 0 Å². The van der Waals surface area contributed by atoms with E-state index in [4.69, 9.17) is 19.4 Å². The largest absolute Gasteiger partial charge is 0.454 e. The third-order valence-corrected chi connectivity index (χ3v) is 12.7. The van der Waals surface area contributed by atoms with Crippen molar-refractivity contribution in [2.45, 2.75) is 0 Å². The molecule has 14 rings (SSSR count). The summed E-state index contributed by atoms with van der Waals surface area (Å²) in [7, 11) is 0. The molecule has 0 N–H and O–H groups in total. The number of furan rings is 1. The predicted molar refractivity (Wildman–Crippen MR) is 250 cm³/mol. The number of aromatic nitrogens is 5. The second-order valence-corrected chi connectivity index (χ2v) is 15.9. The number of nitrogens with zero attached hydrogens (tertiary/aromatic N) is 5. The summed E-state index contributed by atoms with van der Waals surface area (Å²) in [5, 5.41) is 11.8. The first-order valence-electron chi connectivity index (χ1n) is 20.6. The molecule has 0 bridgehead atoms. The van der Waals surface area contributed by atoms with Crippen molar-refractivity contribution in [3.05, 3.63) is 188 Å². The molecule has 0 unspecified atom stereocenters. The van der Waals surface area contributed by atoms with Gasteiger partial charge in [0, 0.05) is 59.8 Å². The first-order chi connectivity index (χ1) is 30.3. The zero-order valence-electron chi connectivity index (χ0n) is 32.5. The van der Waals surface area contributed by atoms with Gasteiger partial charge < -0.3 is 13.4 Å². The smallest absolute Gasteiger partial charge is 0.164 e. The molecule has 0 spiro atoms. The van der Waals surface area contributed by atoms with E-state index in [1.807, 2.05) is 72.8 Å². The monoisotopic (exact) mass is 777 g/mol. The summed E-state index contributed by atoms with van der Waals surface area (Å²) >= 11 is 0. The third-order valence-electron chi connectivity index (χ3n) is 12.7. The molecule has 0 amide bonds. The number of fused-ring (bicyclic) bond motifs is 14. The molecule has 6 nitrogen and oxygen atoms in total. The van der Waals surface area contributed by atoms with Gasteiger partial charge in [0.1, 0.15) is 5.58 Å². The Hall–Kier alpha value is -8.35. The van der Waals surface area contributed by atoms with Crippen molar-refractivity contribution >= 4 is 92.6 Å². The lowest BCUT2D eigenvalue weighted by Crippen LogP contribution is -2.01. The average Bonchev–Trinajstić information content (AvgIpc) is 4.07. The maximum absolute atomic E-state index is 7.02. The lowest BCUT2D eigenvalue weighted by Gasteiger charge is -2.13. The molecule has 0 aliphatic rings. The molecule has 61 heavy (non-hydrogen) atoms. The van der Waals surface area contributed by atoms with Crippen LogP contribution >= 0.6 is 0 Å². The highest BCUT2D eigenvalue weighted by Gasteiger charge is 2.25. The molecule has 6 heteroatoms. The summed E-state index contributed by atoms with van der Waals surface area (Å²) < 4.78 is 11.9. The van der Waals surface area contributed by atoms with E-state index in [2.05, 4.69) is 124 Å².